The van der Waals surface area contributed by atoms with Crippen molar-refractivity contribution >= 4 is 17.8 Å². The normalized spacial score (nSPS) is 20.1. The molecule has 2 aromatic rings. The summed E-state index contributed by atoms with van der Waals surface area (Å²) >= 11 is 0. The van der Waals surface area contributed by atoms with Crippen LogP contribution in [0.1, 0.15) is 29.5 Å². The van der Waals surface area contributed by atoms with Crippen molar-refractivity contribution in [3.63, 3.8) is 0 Å². The Bertz CT molecular complexity index is 793. The molecule has 1 aliphatic heterocycles. The molecule has 3 rings (SSSR count). The molecule has 9 nitrogen and oxygen atoms in total. The Morgan fingerprint density at radius 1 is 1.37 bits per heavy atom. The summed E-state index contributed by atoms with van der Waals surface area (Å²) in [6.07, 6.45) is 2.16. The lowest BCUT2D eigenvalue weighted by atomic mass is 10.2. The molecule has 0 saturated carbocycles. The van der Waals surface area contributed by atoms with Crippen molar-refractivity contribution in [2.45, 2.75) is 38.3 Å². The lowest BCUT2D eigenvalue weighted by molar-refractivity contribution is -0.167. The van der Waals surface area contributed by atoms with Gasteiger partial charge in [0.05, 0.1) is 25.1 Å². The molecule has 1 fully saturated rings. The number of esters is 1. The van der Waals surface area contributed by atoms with Crippen LogP contribution in [0.5, 0.6) is 0 Å². The predicted octanol–water partition coefficient (Wildman–Crippen LogP) is 0.503. The number of aromatic nitrogens is 2. The zero-order valence-electron chi connectivity index (χ0n) is 14.7. The molecule has 0 aliphatic carbocycles. The van der Waals surface area contributed by atoms with Gasteiger partial charge in [0, 0.05) is 12.4 Å². The maximum absolute atomic E-state index is 12.2. The average molecular weight is 372 g/mol. The van der Waals surface area contributed by atoms with Gasteiger partial charge in [0.15, 0.2) is 5.82 Å². The fourth-order valence-electron chi connectivity index (χ4n) is 2.64. The highest BCUT2D eigenvalue weighted by Crippen LogP contribution is 2.18. The Morgan fingerprint density at radius 2 is 2.15 bits per heavy atom. The molecule has 0 radical (unpaired) electrons. The first-order valence-electron chi connectivity index (χ1n) is 8.48. The van der Waals surface area contributed by atoms with Crippen LogP contribution in [0.25, 0.3) is 0 Å². The van der Waals surface area contributed by atoms with E-state index < -0.39 is 36.2 Å². The van der Waals surface area contributed by atoms with Gasteiger partial charge >= 0.3 is 5.97 Å². The highest BCUT2D eigenvalue weighted by molar-refractivity contribution is 6.04. The minimum absolute atomic E-state index is 0.0407. The minimum Gasteiger partial charge on any atom is -0.434 e. The number of carbonyl (C=O) groups excluding carboxylic acids is 3. The lowest BCUT2D eigenvalue weighted by Gasteiger charge is -2.22. The van der Waals surface area contributed by atoms with Gasteiger partial charge in [-0.15, -0.1) is 0 Å². The van der Waals surface area contributed by atoms with Crippen LogP contribution in [0.3, 0.4) is 0 Å². The maximum atomic E-state index is 12.2. The predicted molar refractivity (Wildman–Crippen MR) is 93.2 cm³/mol. The molecule has 2 amide bonds. The van der Waals surface area contributed by atoms with Crippen LogP contribution in [0, 0.1) is 0 Å². The first kappa shape index (κ1) is 18.7. The van der Waals surface area contributed by atoms with Crippen LogP contribution in [-0.2, 0) is 25.7 Å². The third-order valence-electron chi connectivity index (χ3n) is 4.03. The quantitative estimate of drug-likeness (QED) is 0.605. The van der Waals surface area contributed by atoms with Gasteiger partial charge in [-0.25, -0.2) is 4.98 Å². The number of nitrogens with one attached hydrogen (secondary N) is 3. The first-order valence-corrected chi connectivity index (χ1v) is 8.48. The molecule has 27 heavy (non-hydrogen) atoms. The second kappa shape index (κ2) is 8.56. The average Bonchev–Trinajstić information content (AvgIpc) is 3.31. The number of amides is 2. The topological polar surface area (TPSA) is 122 Å². The smallest absolute Gasteiger partial charge is 0.309 e. The van der Waals surface area contributed by atoms with Crippen LogP contribution in [-0.4, -0.2) is 46.1 Å². The molecule has 0 spiro atoms. The number of imide groups is 1. The maximum Gasteiger partial charge on any atom is 0.309 e. The van der Waals surface area contributed by atoms with E-state index in [4.69, 9.17) is 9.47 Å². The van der Waals surface area contributed by atoms with Gasteiger partial charge in [-0.3, -0.25) is 25.0 Å². The third-order valence-corrected chi connectivity index (χ3v) is 4.03. The zero-order valence-corrected chi connectivity index (χ0v) is 14.7. The summed E-state index contributed by atoms with van der Waals surface area (Å²) in [7, 11) is 0. The van der Waals surface area contributed by atoms with E-state index in [0.29, 0.717) is 0 Å². The van der Waals surface area contributed by atoms with Crippen LogP contribution < -0.4 is 10.6 Å². The number of hydrogen-bond donors (Lipinski definition) is 3. The van der Waals surface area contributed by atoms with Crippen LogP contribution in [0.15, 0.2) is 42.7 Å². The van der Waals surface area contributed by atoms with Crippen molar-refractivity contribution in [2.24, 2.45) is 0 Å². The SMILES string of the molecule is C[C@H](NC1CC(=O)OC1OCc1ccccc1)C(=O)NC(=O)c1ncc[nH]1. The molecule has 0 bridgehead atoms. The van der Waals surface area contributed by atoms with Gasteiger partial charge in [0.1, 0.15) is 0 Å². The molecule has 1 saturated heterocycles. The lowest BCUT2D eigenvalue weighted by Crippen LogP contribution is -2.50. The molecular weight excluding hydrogens is 352 g/mol. The summed E-state index contributed by atoms with van der Waals surface area (Å²) in [5.41, 5.74) is 0.939. The Kier molecular flexibility index (Phi) is 5.94. The Balaban J connectivity index is 1.53. The first-order chi connectivity index (χ1) is 13.0. The van der Waals surface area contributed by atoms with Crippen molar-refractivity contribution in [3.05, 3.63) is 54.1 Å². The van der Waals surface area contributed by atoms with Crippen LogP contribution in [0.4, 0.5) is 0 Å². The standard InChI is InChI=1S/C18H20N4O5/c1-11(16(24)22-17(25)15-19-7-8-20-15)21-13-9-14(23)27-18(13)26-10-12-5-3-2-4-6-12/h2-8,11,13,18,21H,9-10H2,1H3,(H,19,20)(H,22,24,25)/t11-,13?,18?/m0/s1. The molecule has 2 heterocycles. The molecule has 1 aliphatic rings. The van der Waals surface area contributed by atoms with Crippen molar-refractivity contribution in [2.75, 3.05) is 0 Å². The Hall–Kier alpha value is -3.04. The summed E-state index contributed by atoms with van der Waals surface area (Å²) in [6.45, 7) is 1.86. The third kappa shape index (κ3) is 4.99. The van der Waals surface area contributed by atoms with E-state index in [0.717, 1.165) is 5.56 Å². The number of imidazole rings is 1. The molecule has 2 unspecified atom stereocenters. The van der Waals surface area contributed by atoms with Gasteiger partial charge in [0.2, 0.25) is 12.2 Å². The number of ether oxygens (including phenoxy) is 2. The number of benzene rings is 1. The number of rotatable bonds is 7. The summed E-state index contributed by atoms with van der Waals surface area (Å²) in [5.74, 6) is -1.55. The summed E-state index contributed by atoms with van der Waals surface area (Å²) in [4.78, 5) is 42.1. The van der Waals surface area contributed by atoms with E-state index in [9.17, 15) is 14.4 Å². The fraction of sp³-hybridized carbons (Fsp3) is 0.333. The van der Waals surface area contributed by atoms with E-state index in [2.05, 4.69) is 20.6 Å². The van der Waals surface area contributed by atoms with Gasteiger partial charge < -0.3 is 14.5 Å². The van der Waals surface area contributed by atoms with E-state index in [-0.39, 0.29) is 18.9 Å². The number of nitrogens with zero attached hydrogens (tertiary/aromatic N) is 1. The monoisotopic (exact) mass is 372 g/mol. The number of carbonyl (C=O) groups is 3. The van der Waals surface area contributed by atoms with E-state index in [1.54, 1.807) is 6.92 Å². The summed E-state index contributed by atoms with van der Waals surface area (Å²) in [6, 6.07) is 8.22. The zero-order chi connectivity index (χ0) is 19.2. The van der Waals surface area contributed by atoms with E-state index >= 15 is 0 Å². The fourth-order valence-corrected chi connectivity index (χ4v) is 2.64. The highest BCUT2D eigenvalue weighted by atomic mass is 16.7. The van der Waals surface area contributed by atoms with Crippen molar-refractivity contribution in [3.8, 4) is 0 Å². The number of aromatic amines is 1. The van der Waals surface area contributed by atoms with Gasteiger partial charge in [0.25, 0.3) is 5.91 Å². The molecular formula is C18H20N4O5. The molecule has 1 aromatic heterocycles. The van der Waals surface area contributed by atoms with Crippen LogP contribution >= 0.6 is 0 Å². The largest absolute Gasteiger partial charge is 0.434 e. The van der Waals surface area contributed by atoms with Crippen molar-refractivity contribution in [1.82, 2.24) is 20.6 Å². The van der Waals surface area contributed by atoms with Gasteiger partial charge in [-0.05, 0) is 12.5 Å². The second-order valence-electron chi connectivity index (χ2n) is 6.11. The minimum atomic E-state index is -0.811. The molecule has 3 atom stereocenters. The number of cyclic esters (lactones) is 1. The van der Waals surface area contributed by atoms with Gasteiger partial charge in [-0.1, -0.05) is 30.3 Å². The summed E-state index contributed by atoms with van der Waals surface area (Å²) in [5, 5.41) is 5.22. The molecule has 9 heteroatoms. The Labute approximate surface area is 155 Å². The van der Waals surface area contributed by atoms with E-state index in [1.165, 1.54) is 12.4 Å². The highest BCUT2D eigenvalue weighted by Gasteiger charge is 2.37. The summed E-state index contributed by atoms with van der Waals surface area (Å²) < 4.78 is 10.9. The molecule has 3 N–H and O–H groups in total. The van der Waals surface area contributed by atoms with Crippen molar-refractivity contribution < 1.29 is 23.9 Å². The number of H-pyrrole nitrogens is 1. The Morgan fingerprint density at radius 3 is 2.85 bits per heavy atom. The number of hydrogen-bond acceptors (Lipinski definition) is 7. The molecule has 1 aromatic carbocycles. The molecule has 142 valence electrons. The van der Waals surface area contributed by atoms with Crippen molar-refractivity contribution in [1.29, 1.82) is 0 Å². The second-order valence-corrected chi connectivity index (χ2v) is 6.11. The van der Waals surface area contributed by atoms with Crippen LogP contribution in [0.2, 0.25) is 0 Å². The van der Waals surface area contributed by atoms with E-state index in [1.807, 2.05) is 30.3 Å². The van der Waals surface area contributed by atoms with Gasteiger partial charge in [-0.2, -0.15) is 0 Å².